The molecule has 4 aromatic rings. The molecule has 1 aliphatic rings. The summed E-state index contributed by atoms with van der Waals surface area (Å²) in [5, 5.41) is 0.785. The van der Waals surface area contributed by atoms with Crippen LogP contribution in [0.25, 0.3) is 5.69 Å². The number of para-hydroxylation sites is 1. The van der Waals surface area contributed by atoms with Crippen molar-refractivity contribution in [2.75, 3.05) is 31.1 Å². The highest BCUT2D eigenvalue weighted by Gasteiger charge is 2.23. The Balaban J connectivity index is 1.28. The number of hydrogen-bond acceptors (Lipinski definition) is 3. The summed E-state index contributed by atoms with van der Waals surface area (Å²) in [6.45, 7) is 6.52. The summed E-state index contributed by atoms with van der Waals surface area (Å²) in [5.74, 6) is -0.422. The maximum Gasteiger partial charge on any atom is 0.293 e. The number of rotatable bonds is 5. The molecular formula is C26H27ClFN5O. The van der Waals surface area contributed by atoms with Gasteiger partial charge in [0.15, 0.2) is 0 Å². The van der Waals surface area contributed by atoms with Crippen molar-refractivity contribution in [2.24, 2.45) is 7.05 Å². The zero-order valence-corrected chi connectivity index (χ0v) is 20.0. The van der Waals surface area contributed by atoms with Gasteiger partial charge in [-0.05, 0) is 55.0 Å². The van der Waals surface area contributed by atoms with Gasteiger partial charge in [-0.15, -0.1) is 0 Å². The molecule has 0 aliphatic carbocycles. The molecule has 176 valence electrons. The van der Waals surface area contributed by atoms with Crippen LogP contribution in [0.15, 0.2) is 67.0 Å². The molecule has 5 rings (SSSR count). The lowest BCUT2D eigenvalue weighted by Gasteiger charge is -2.36. The van der Waals surface area contributed by atoms with E-state index in [0.29, 0.717) is 5.69 Å². The Kier molecular flexibility index (Phi) is 6.06. The van der Waals surface area contributed by atoms with Gasteiger partial charge in [0.2, 0.25) is 0 Å². The number of anilines is 1. The first-order valence-corrected chi connectivity index (χ1v) is 11.7. The fraction of sp³-hybridized carbons (Fsp3) is 0.269. The molecule has 1 fully saturated rings. The highest BCUT2D eigenvalue weighted by Crippen LogP contribution is 2.27. The predicted octanol–water partition coefficient (Wildman–Crippen LogP) is 4.73. The molecular weight excluding hydrogens is 453 g/mol. The molecule has 2 aromatic heterocycles. The van der Waals surface area contributed by atoms with Gasteiger partial charge in [0.25, 0.3) is 5.91 Å². The molecule has 2 aromatic carbocycles. The lowest BCUT2D eigenvalue weighted by molar-refractivity contribution is 0.0917. The second kappa shape index (κ2) is 9.16. The first-order chi connectivity index (χ1) is 16.4. The molecule has 0 radical (unpaired) electrons. The summed E-state index contributed by atoms with van der Waals surface area (Å²) in [4.78, 5) is 18.0. The van der Waals surface area contributed by atoms with E-state index in [9.17, 15) is 9.18 Å². The quantitative estimate of drug-likeness (QED) is 0.415. The maximum absolute atomic E-state index is 13.3. The van der Waals surface area contributed by atoms with Gasteiger partial charge in [-0.1, -0.05) is 23.7 Å². The number of hydrogen-bond donors (Lipinski definition) is 0. The minimum absolute atomic E-state index is 0.118. The van der Waals surface area contributed by atoms with Gasteiger partial charge in [-0.2, -0.15) is 0 Å². The van der Waals surface area contributed by atoms with Crippen LogP contribution in [0.2, 0.25) is 5.02 Å². The molecule has 1 saturated heterocycles. The van der Waals surface area contributed by atoms with E-state index in [0.717, 1.165) is 60.4 Å². The van der Waals surface area contributed by atoms with Gasteiger partial charge in [0, 0.05) is 57.9 Å². The van der Waals surface area contributed by atoms with Crippen LogP contribution < -0.4 is 4.90 Å². The van der Waals surface area contributed by atoms with E-state index in [4.69, 9.17) is 11.6 Å². The number of nitrogens with zero attached hydrogens (tertiary/aromatic N) is 5. The van der Waals surface area contributed by atoms with Crippen LogP contribution in [0.4, 0.5) is 10.1 Å². The smallest absolute Gasteiger partial charge is 0.293 e. The van der Waals surface area contributed by atoms with Crippen LogP contribution in [0.5, 0.6) is 0 Å². The monoisotopic (exact) mass is 479 g/mol. The minimum Gasteiger partial charge on any atom is -0.368 e. The molecule has 8 heteroatoms. The van der Waals surface area contributed by atoms with Crippen LogP contribution in [-0.2, 0) is 13.6 Å². The van der Waals surface area contributed by atoms with E-state index in [-0.39, 0.29) is 11.7 Å². The van der Waals surface area contributed by atoms with Gasteiger partial charge >= 0.3 is 0 Å². The van der Waals surface area contributed by atoms with Crippen molar-refractivity contribution >= 4 is 23.2 Å². The van der Waals surface area contributed by atoms with E-state index < -0.39 is 0 Å². The molecule has 3 heterocycles. The van der Waals surface area contributed by atoms with Crippen LogP contribution in [-0.4, -0.2) is 50.9 Å². The van der Waals surface area contributed by atoms with Crippen LogP contribution in [0.3, 0.4) is 0 Å². The number of piperazine rings is 1. The molecule has 0 unspecified atom stereocenters. The molecule has 1 aliphatic heterocycles. The number of carbonyl (C=O) groups excluding carboxylic acids is 1. The van der Waals surface area contributed by atoms with Gasteiger partial charge in [-0.25, -0.2) is 9.07 Å². The highest BCUT2D eigenvalue weighted by molar-refractivity contribution is 6.33. The Morgan fingerprint density at radius 2 is 1.71 bits per heavy atom. The lowest BCUT2D eigenvalue weighted by atomic mass is 10.2. The second-order valence-corrected chi connectivity index (χ2v) is 9.09. The van der Waals surface area contributed by atoms with Crippen molar-refractivity contribution in [3.8, 4) is 5.69 Å². The summed E-state index contributed by atoms with van der Waals surface area (Å²) in [6, 6.07) is 16.0. The molecule has 0 N–H and O–H groups in total. The topological polar surface area (TPSA) is 38.3 Å². The molecule has 34 heavy (non-hydrogen) atoms. The fourth-order valence-corrected chi connectivity index (χ4v) is 4.77. The third-order valence-corrected chi connectivity index (χ3v) is 7.02. The Hall–Kier alpha value is -3.29. The molecule has 0 spiro atoms. The zero-order chi connectivity index (χ0) is 23.8. The van der Waals surface area contributed by atoms with E-state index in [1.54, 1.807) is 33.9 Å². The number of halogens is 2. The Morgan fingerprint density at radius 1 is 1.00 bits per heavy atom. The third-order valence-electron chi connectivity index (χ3n) is 6.70. The SMILES string of the molecule is Cc1c(CN2CCN(c3ccccc3Cl)CC2)cc(C(=O)n2ccn2-c2ccc(F)cc2)n1C. The summed E-state index contributed by atoms with van der Waals surface area (Å²) in [6.07, 6.45) is 3.52. The number of benzene rings is 2. The first-order valence-electron chi connectivity index (χ1n) is 11.4. The summed E-state index contributed by atoms with van der Waals surface area (Å²) >= 11 is 6.37. The van der Waals surface area contributed by atoms with E-state index in [2.05, 4.69) is 22.8 Å². The molecule has 0 saturated carbocycles. The predicted molar refractivity (Wildman–Crippen MR) is 133 cm³/mol. The minimum atomic E-state index is -0.304. The van der Waals surface area contributed by atoms with Gasteiger partial charge < -0.3 is 9.47 Å². The zero-order valence-electron chi connectivity index (χ0n) is 19.3. The van der Waals surface area contributed by atoms with Crippen molar-refractivity contribution in [1.29, 1.82) is 0 Å². The van der Waals surface area contributed by atoms with Crippen molar-refractivity contribution in [1.82, 2.24) is 18.8 Å². The van der Waals surface area contributed by atoms with E-state index >= 15 is 0 Å². The Bertz CT molecular complexity index is 1310. The lowest BCUT2D eigenvalue weighted by Crippen LogP contribution is -2.46. The summed E-state index contributed by atoms with van der Waals surface area (Å²) in [7, 11) is 1.92. The standard InChI is InChI=1S/C26H27ClFN5O/c1-19-20(18-30-11-13-31(14-12-30)24-6-4-3-5-23(24)27)17-25(29(19)2)26(34)33-16-15-32(33)22-9-7-21(28)8-10-22/h3-10,15-17H,11-14,18H2,1-2H3. The summed E-state index contributed by atoms with van der Waals surface area (Å²) < 4.78 is 18.5. The van der Waals surface area contributed by atoms with Crippen LogP contribution in [0, 0.1) is 12.7 Å². The fourth-order valence-electron chi connectivity index (χ4n) is 4.51. The molecule has 0 amide bonds. The summed E-state index contributed by atoms with van der Waals surface area (Å²) in [5.41, 5.74) is 4.67. The van der Waals surface area contributed by atoms with Gasteiger partial charge in [0.05, 0.1) is 16.4 Å². The normalized spacial score (nSPS) is 14.6. The maximum atomic E-state index is 13.3. The number of aromatic nitrogens is 3. The second-order valence-electron chi connectivity index (χ2n) is 8.68. The van der Waals surface area contributed by atoms with Gasteiger partial charge in [-0.3, -0.25) is 14.4 Å². The van der Waals surface area contributed by atoms with E-state index in [1.807, 2.05) is 35.9 Å². The number of carbonyl (C=O) groups is 1. The molecule has 0 bridgehead atoms. The average molecular weight is 480 g/mol. The van der Waals surface area contributed by atoms with Crippen LogP contribution in [0.1, 0.15) is 21.7 Å². The van der Waals surface area contributed by atoms with Crippen molar-refractivity contribution < 1.29 is 9.18 Å². The van der Waals surface area contributed by atoms with Gasteiger partial charge in [0.1, 0.15) is 11.5 Å². The highest BCUT2D eigenvalue weighted by atomic mass is 35.5. The Morgan fingerprint density at radius 3 is 2.35 bits per heavy atom. The average Bonchev–Trinajstić information content (AvgIpc) is 3.09. The third kappa shape index (κ3) is 4.17. The van der Waals surface area contributed by atoms with Crippen molar-refractivity contribution in [3.63, 3.8) is 0 Å². The van der Waals surface area contributed by atoms with E-state index in [1.165, 1.54) is 12.1 Å². The molecule has 0 atom stereocenters. The largest absolute Gasteiger partial charge is 0.368 e. The Labute approximate surface area is 203 Å². The molecule has 6 nitrogen and oxygen atoms in total. The van der Waals surface area contributed by atoms with Crippen molar-refractivity contribution in [3.05, 3.63) is 94.8 Å². The first kappa shape index (κ1) is 22.5. The van der Waals surface area contributed by atoms with Crippen LogP contribution >= 0.6 is 11.6 Å². The van der Waals surface area contributed by atoms with Crippen molar-refractivity contribution in [2.45, 2.75) is 13.5 Å².